The van der Waals surface area contributed by atoms with E-state index in [0.29, 0.717) is 0 Å². The van der Waals surface area contributed by atoms with Crippen LogP contribution < -0.4 is 20.6 Å². The lowest BCUT2D eigenvalue weighted by molar-refractivity contribution is 0.332. The molecule has 1 aliphatic carbocycles. The normalized spacial score (nSPS) is 16.8. The lowest BCUT2D eigenvalue weighted by Crippen LogP contribution is -2.63. The maximum absolute atomic E-state index is 7.56. The van der Waals surface area contributed by atoms with Crippen LogP contribution in [0.3, 0.4) is 0 Å². The smallest absolute Gasteiger partial charge is 0.333 e. The fourth-order valence-corrected chi connectivity index (χ4v) is 12.8. The third kappa shape index (κ3) is 5.67. The van der Waals surface area contributed by atoms with E-state index in [9.17, 15) is 0 Å². The van der Waals surface area contributed by atoms with Crippen LogP contribution in [0.1, 0.15) is 109 Å². The molecule has 8 aromatic carbocycles. The largest absolute Gasteiger partial charge is 0.454 e. The van der Waals surface area contributed by atoms with Gasteiger partial charge in [0.1, 0.15) is 5.58 Å². The number of anilines is 5. The number of hydrogen-bond donors (Lipinski definition) is 0. The Balaban J connectivity index is 1.22. The first-order valence-electron chi connectivity index (χ1n) is 24.8. The minimum Gasteiger partial charge on any atom is -0.454 e. The molecule has 9 aromatic rings. The third-order valence-corrected chi connectivity index (χ3v) is 16.8. The van der Waals surface area contributed by atoms with Gasteiger partial charge in [-0.15, -0.1) is 0 Å². The van der Waals surface area contributed by atoms with Gasteiger partial charge in [0.25, 0.3) is 0 Å². The molecule has 4 aliphatic rings. The van der Waals surface area contributed by atoms with Gasteiger partial charge < -0.3 is 14.1 Å². The molecule has 4 heteroatoms. The van der Waals surface area contributed by atoms with Crippen molar-refractivity contribution in [2.45, 2.75) is 104 Å². The maximum atomic E-state index is 7.56. The molecule has 13 rings (SSSR count). The monoisotopic (exact) mass is 882 g/mol. The van der Waals surface area contributed by atoms with Gasteiger partial charge >= 0.3 is 6.85 Å². The van der Waals surface area contributed by atoms with Crippen LogP contribution in [0.2, 0.25) is 0 Å². The van der Waals surface area contributed by atoms with Crippen molar-refractivity contribution in [1.82, 2.24) is 0 Å². The van der Waals surface area contributed by atoms with Gasteiger partial charge in [-0.1, -0.05) is 172 Å². The van der Waals surface area contributed by atoms with Gasteiger partial charge in [-0.05, 0) is 145 Å². The Morgan fingerprint density at radius 2 is 1.21 bits per heavy atom. The highest BCUT2D eigenvalue weighted by Gasteiger charge is 2.51. The summed E-state index contributed by atoms with van der Waals surface area (Å²) >= 11 is 0. The number of nitrogens with zero attached hydrogens (tertiary/aromatic N) is 2. The zero-order valence-corrected chi connectivity index (χ0v) is 41.2. The summed E-state index contributed by atoms with van der Waals surface area (Å²) in [6.45, 7) is 23.6. The Bertz CT molecular complexity index is 3620. The van der Waals surface area contributed by atoms with Gasteiger partial charge in [-0.3, -0.25) is 0 Å². The molecule has 3 aliphatic heterocycles. The van der Waals surface area contributed by atoms with Crippen LogP contribution in [0.5, 0.6) is 0 Å². The number of hydrogen-bond acceptors (Lipinski definition) is 3. The molecule has 0 N–H and O–H groups in total. The summed E-state index contributed by atoms with van der Waals surface area (Å²) in [5.41, 5.74) is 25.9. The van der Waals surface area contributed by atoms with Crippen LogP contribution >= 0.6 is 0 Å². The number of aryl methyl sites for hydroxylation is 1. The highest BCUT2D eigenvalue weighted by atomic mass is 16.3. The summed E-state index contributed by atoms with van der Waals surface area (Å²) in [5, 5.41) is 2.36. The molecular formula is C64H59BN2O. The number of benzene rings is 8. The van der Waals surface area contributed by atoms with Gasteiger partial charge in [0, 0.05) is 44.4 Å². The summed E-state index contributed by atoms with van der Waals surface area (Å²) in [6.07, 6.45) is 2.31. The molecule has 68 heavy (non-hydrogen) atoms. The molecule has 0 spiro atoms. The van der Waals surface area contributed by atoms with E-state index in [0.717, 1.165) is 40.8 Å². The lowest BCUT2D eigenvalue weighted by atomic mass is 9.42. The standard InChI is InChI=1S/C64H59BN2O/c1-38-19-14-15-22-42(38)40-33-47-43-23-18-25-49-58(43)67(54-26-17-16-24-48(54)64(49,9)10)65-52-29-28-44-46-36-50-51(63(7,8)32-31-62(50,5)6)37-56(46)68-60(44)59(52)66(55(34-40)57(47)65)53-30-27-41(61(2,3)4)35-45(53)39-20-12-11-13-21-39/h11-30,33-37H,31-32H2,1-10H3. The van der Waals surface area contributed by atoms with Gasteiger partial charge in [-0.2, -0.15) is 0 Å². The molecule has 3 nitrogen and oxygen atoms in total. The average Bonchev–Trinajstić information content (AvgIpc) is 3.70. The molecule has 0 atom stereocenters. The molecule has 0 bridgehead atoms. The molecule has 4 heterocycles. The second kappa shape index (κ2) is 13.9. The molecule has 0 fully saturated rings. The van der Waals surface area contributed by atoms with Crippen LogP contribution in [-0.2, 0) is 21.7 Å². The highest BCUT2D eigenvalue weighted by molar-refractivity contribution is 6.94. The highest BCUT2D eigenvalue weighted by Crippen LogP contribution is 2.58. The minimum absolute atomic E-state index is 0.0484. The van der Waals surface area contributed by atoms with Crippen molar-refractivity contribution in [2.75, 3.05) is 9.71 Å². The topological polar surface area (TPSA) is 19.6 Å². The fraction of sp³-hybridized carbons (Fsp3) is 0.250. The predicted octanol–water partition coefficient (Wildman–Crippen LogP) is 16.2. The van der Waals surface area contributed by atoms with Gasteiger partial charge in [0.15, 0.2) is 5.58 Å². The van der Waals surface area contributed by atoms with Crippen LogP contribution in [-0.4, -0.2) is 6.85 Å². The fourth-order valence-electron chi connectivity index (χ4n) is 12.8. The van der Waals surface area contributed by atoms with Crippen molar-refractivity contribution in [3.8, 4) is 33.4 Å². The molecule has 1 aromatic heterocycles. The van der Waals surface area contributed by atoms with E-state index in [1.54, 1.807) is 0 Å². The third-order valence-electron chi connectivity index (χ3n) is 16.8. The SMILES string of the molecule is Cc1ccccc1-c1cc2c3c(c1)N(c1ccc(C(C)(C)C)cc1-c1ccccc1)c1c(ccc4c1oc1cc5c(cc14)C(C)(C)CCC5(C)C)B3N1c3ccccc3C(C)(C)c3cccc-2c31. The van der Waals surface area contributed by atoms with E-state index >= 15 is 0 Å². The number of para-hydroxylation sites is 2. The molecule has 0 unspecified atom stereocenters. The Morgan fingerprint density at radius 3 is 1.97 bits per heavy atom. The number of rotatable bonds is 3. The average molecular weight is 883 g/mol. The Labute approximate surface area is 402 Å². The van der Waals surface area contributed by atoms with Crippen molar-refractivity contribution in [2.24, 2.45) is 0 Å². The molecule has 0 saturated carbocycles. The van der Waals surface area contributed by atoms with E-state index < -0.39 is 0 Å². The van der Waals surface area contributed by atoms with Crippen LogP contribution in [0.4, 0.5) is 28.4 Å². The summed E-state index contributed by atoms with van der Waals surface area (Å²) in [7, 11) is 0. The van der Waals surface area contributed by atoms with Crippen molar-refractivity contribution in [3.05, 3.63) is 185 Å². The van der Waals surface area contributed by atoms with Crippen LogP contribution in [0.15, 0.2) is 156 Å². The first-order chi connectivity index (χ1) is 32.5. The van der Waals surface area contributed by atoms with E-state index in [1.807, 2.05) is 0 Å². The van der Waals surface area contributed by atoms with Gasteiger partial charge in [-0.25, -0.2) is 0 Å². The molecule has 334 valence electrons. The Morgan fingerprint density at radius 1 is 0.515 bits per heavy atom. The first-order valence-corrected chi connectivity index (χ1v) is 24.8. The first kappa shape index (κ1) is 41.4. The zero-order chi connectivity index (χ0) is 46.8. The maximum Gasteiger partial charge on any atom is 0.333 e. The Hall–Kier alpha value is -6.78. The summed E-state index contributed by atoms with van der Waals surface area (Å²) < 4.78 is 7.56. The molecule has 0 radical (unpaired) electrons. The summed E-state index contributed by atoms with van der Waals surface area (Å²) in [5.74, 6) is 0. The van der Waals surface area contributed by atoms with Crippen molar-refractivity contribution in [3.63, 3.8) is 0 Å². The van der Waals surface area contributed by atoms with E-state index in [-0.39, 0.29) is 28.5 Å². The van der Waals surface area contributed by atoms with Gasteiger partial charge in [0.05, 0.1) is 11.4 Å². The number of fused-ring (bicyclic) bond motifs is 11. The predicted molar refractivity (Wildman–Crippen MR) is 289 cm³/mol. The summed E-state index contributed by atoms with van der Waals surface area (Å²) in [4.78, 5) is 5.33. The zero-order valence-electron chi connectivity index (χ0n) is 41.2. The minimum atomic E-state index is -0.210. The second-order valence-electron chi connectivity index (χ2n) is 23.2. The molecule has 0 amide bonds. The van der Waals surface area contributed by atoms with Gasteiger partial charge in [0.2, 0.25) is 0 Å². The van der Waals surface area contributed by atoms with E-state index in [2.05, 4.69) is 231 Å². The molecular weight excluding hydrogens is 824 g/mol. The van der Waals surface area contributed by atoms with Crippen molar-refractivity contribution >= 4 is 68.1 Å². The summed E-state index contributed by atoms with van der Waals surface area (Å²) in [6, 6.07) is 58.1. The number of furan rings is 1. The quantitative estimate of drug-likeness (QED) is 0.165. The lowest BCUT2D eigenvalue weighted by Gasteiger charge is -2.51. The van der Waals surface area contributed by atoms with E-state index in [4.69, 9.17) is 4.42 Å². The van der Waals surface area contributed by atoms with E-state index in [1.165, 1.54) is 100 Å². The van der Waals surface area contributed by atoms with Crippen LogP contribution in [0.25, 0.3) is 55.3 Å². The van der Waals surface area contributed by atoms with Crippen LogP contribution in [0, 0.1) is 6.92 Å². The molecule has 0 saturated heterocycles. The Kier molecular flexibility index (Phi) is 8.47. The van der Waals surface area contributed by atoms with Crippen molar-refractivity contribution in [1.29, 1.82) is 0 Å². The second-order valence-corrected chi connectivity index (χ2v) is 23.2. The van der Waals surface area contributed by atoms with Crippen molar-refractivity contribution < 1.29 is 4.42 Å².